The van der Waals surface area contributed by atoms with Crippen LogP contribution in [0, 0.1) is 29.6 Å². The third kappa shape index (κ3) is 9.89. The Kier molecular flexibility index (Phi) is 14.1. The van der Waals surface area contributed by atoms with Crippen molar-refractivity contribution in [1.29, 1.82) is 0 Å². The van der Waals surface area contributed by atoms with Gasteiger partial charge in [0.05, 0.1) is 6.04 Å². The molecule has 1 unspecified atom stereocenters. The molecular weight excluding hydrogens is 650 g/mol. The minimum atomic E-state index is -1.38. The van der Waals surface area contributed by atoms with Crippen LogP contribution in [-0.4, -0.2) is 77.7 Å². The number of hydrogen-bond donors (Lipinski definition) is 4. The van der Waals surface area contributed by atoms with Gasteiger partial charge in [-0.3, -0.25) is 19.2 Å². The molecule has 0 spiro atoms. The van der Waals surface area contributed by atoms with Crippen molar-refractivity contribution < 1.29 is 33.5 Å². The van der Waals surface area contributed by atoms with Gasteiger partial charge in [-0.05, 0) is 67.8 Å². The Hall–Kier alpha value is -3.96. The summed E-state index contributed by atoms with van der Waals surface area (Å²) in [5, 5.41) is 11.1. The number of carbonyl (C=O) groups is 6. The molecule has 3 fully saturated rings. The van der Waals surface area contributed by atoms with Gasteiger partial charge in [0, 0.05) is 13.6 Å². The first kappa shape index (κ1) is 39.8. The van der Waals surface area contributed by atoms with Gasteiger partial charge in [0.15, 0.2) is 0 Å². The van der Waals surface area contributed by atoms with Crippen molar-refractivity contribution >= 4 is 35.5 Å². The lowest BCUT2D eigenvalue weighted by Crippen LogP contribution is -2.63. The van der Waals surface area contributed by atoms with E-state index >= 15 is 0 Å². The lowest BCUT2D eigenvalue weighted by molar-refractivity contribution is -0.153. The van der Waals surface area contributed by atoms with Crippen LogP contribution in [0.5, 0.6) is 0 Å². The highest BCUT2D eigenvalue weighted by atomic mass is 16.5. The zero-order valence-corrected chi connectivity index (χ0v) is 31.3. The number of benzene rings is 1. The molecule has 1 saturated heterocycles. The molecule has 1 aromatic rings. The van der Waals surface area contributed by atoms with Crippen LogP contribution in [0.1, 0.15) is 104 Å². The van der Waals surface area contributed by atoms with Crippen LogP contribution in [0.15, 0.2) is 30.3 Å². The first-order valence-electron chi connectivity index (χ1n) is 18.9. The highest BCUT2D eigenvalue weighted by Gasteiger charge is 2.48. The fourth-order valence-corrected chi connectivity index (χ4v) is 7.67. The number of likely N-dealkylation sites (N-methyl/N-ethyl adjacent to an activating group) is 1. The van der Waals surface area contributed by atoms with Crippen LogP contribution in [0.25, 0.3) is 0 Å². The minimum absolute atomic E-state index is 0.0521. The molecule has 1 heterocycles. The van der Waals surface area contributed by atoms with Crippen molar-refractivity contribution in [2.75, 3.05) is 13.6 Å². The number of ketones is 1. The van der Waals surface area contributed by atoms with E-state index < -0.39 is 53.3 Å². The van der Waals surface area contributed by atoms with Gasteiger partial charge in [-0.25, -0.2) is 9.59 Å². The average Bonchev–Trinajstić information content (AvgIpc) is 3.56. The maximum atomic E-state index is 14.6. The van der Waals surface area contributed by atoms with E-state index in [9.17, 15) is 28.8 Å². The van der Waals surface area contributed by atoms with Crippen molar-refractivity contribution in [2.24, 2.45) is 29.6 Å². The van der Waals surface area contributed by atoms with Gasteiger partial charge >= 0.3 is 12.0 Å². The second-order valence-corrected chi connectivity index (χ2v) is 15.6. The lowest BCUT2D eigenvalue weighted by atomic mass is 9.80. The fraction of sp³-hybridized carbons (Fsp3) is 0.692. The van der Waals surface area contributed by atoms with E-state index in [1.807, 2.05) is 58.0 Å². The minimum Gasteiger partial charge on any atom is -0.459 e. The number of carbonyl (C=O) groups excluding carboxylic acids is 6. The summed E-state index contributed by atoms with van der Waals surface area (Å²) in [6.45, 7) is 9.65. The second-order valence-electron chi connectivity index (χ2n) is 15.6. The Balaban J connectivity index is 1.55. The summed E-state index contributed by atoms with van der Waals surface area (Å²) in [7, 11) is 1.39. The summed E-state index contributed by atoms with van der Waals surface area (Å²) in [4.78, 5) is 83.1. The third-order valence-electron chi connectivity index (χ3n) is 11.6. The van der Waals surface area contributed by atoms with Gasteiger partial charge in [0.1, 0.15) is 24.2 Å². The van der Waals surface area contributed by atoms with Crippen LogP contribution >= 0.6 is 0 Å². The maximum absolute atomic E-state index is 14.6. The lowest BCUT2D eigenvalue weighted by Gasteiger charge is -2.38. The van der Waals surface area contributed by atoms with E-state index in [1.165, 1.54) is 7.05 Å². The molecule has 2 saturated carbocycles. The summed E-state index contributed by atoms with van der Waals surface area (Å²) < 4.78 is 5.64. The maximum Gasteiger partial charge on any atom is 0.332 e. The van der Waals surface area contributed by atoms with Gasteiger partial charge in [0.2, 0.25) is 17.6 Å². The normalized spacial score (nSPS) is 21.9. The molecule has 282 valence electrons. The molecule has 5 amide bonds. The topological polar surface area (TPSA) is 163 Å². The fourth-order valence-electron chi connectivity index (χ4n) is 7.67. The van der Waals surface area contributed by atoms with Crippen LogP contribution in [0.2, 0.25) is 0 Å². The SMILES string of the molecule is CNC(=O)C(=O)C(CC1CCC1)NC(=O)[C@@H]1[C@@H](C(C)C)CCN1C(=O)[C@@H](NC(=O)N[C@](C)(C(=O)OCc1ccccc1)C(C)C)C1CCCCC1. The zero-order valence-electron chi connectivity index (χ0n) is 31.3. The first-order chi connectivity index (χ1) is 24.3. The Morgan fingerprint density at radius 1 is 0.882 bits per heavy atom. The Bertz CT molecular complexity index is 1390. The number of nitrogens with zero attached hydrogens (tertiary/aromatic N) is 1. The van der Waals surface area contributed by atoms with Crippen LogP contribution in [0.3, 0.4) is 0 Å². The van der Waals surface area contributed by atoms with Crippen molar-refractivity contribution in [1.82, 2.24) is 26.2 Å². The van der Waals surface area contributed by atoms with Crippen LogP contribution < -0.4 is 21.3 Å². The van der Waals surface area contributed by atoms with E-state index in [4.69, 9.17) is 4.74 Å². The Morgan fingerprint density at radius 2 is 1.55 bits per heavy atom. The quantitative estimate of drug-likeness (QED) is 0.156. The van der Waals surface area contributed by atoms with Crippen LogP contribution in [0.4, 0.5) is 4.79 Å². The number of ether oxygens (including phenoxy) is 1. The molecule has 0 bridgehead atoms. The summed E-state index contributed by atoms with van der Waals surface area (Å²) in [5.74, 6) is -3.22. The average molecular weight is 710 g/mol. The van der Waals surface area contributed by atoms with Crippen molar-refractivity contribution in [3.05, 3.63) is 35.9 Å². The third-order valence-corrected chi connectivity index (χ3v) is 11.6. The first-order valence-corrected chi connectivity index (χ1v) is 18.9. The molecule has 0 radical (unpaired) electrons. The van der Waals surface area contributed by atoms with Crippen LogP contribution in [-0.2, 0) is 35.3 Å². The smallest absolute Gasteiger partial charge is 0.332 e. The summed E-state index contributed by atoms with van der Waals surface area (Å²) >= 11 is 0. The van der Waals surface area contributed by atoms with Crippen molar-refractivity contribution in [2.45, 2.75) is 129 Å². The molecule has 12 heteroatoms. The summed E-state index contributed by atoms with van der Waals surface area (Å²) in [6.07, 6.45) is 8.22. The van der Waals surface area contributed by atoms with Gasteiger partial charge in [-0.15, -0.1) is 0 Å². The highest BCUT2D eigenvalue weighted by Crippen LogP contribution is 2.35. The molecule has 4 rings (SSSR count). The number of Topliss-reactive ketones (excluding diaryl/α,β-unsaturated/α-hetero) is 1. The molecule has 0 aromatic heterocycles. The number of esters is 1. The molecular formula is C39H59N5O7. The molecule has 5 atom stereocenters. The number of urea groups is 1. The number of hydrogen-bond acceptors (Lipinski definition) is 7. The number of rotatable bonds is 15. The Labute approximate surface area is 302 Å². The van der Waals surface area contributed by atoms with Crippen molar-refractivity contribution in [3.63, 3.8) is 0 Å². The highest BCUT2D eigenvalue weighted by molar-refractivity contribution is 6.38. The van der Waals surface area contributed by atoms with E-state index in [1.54, 1.807) is 11.8 Å². The van der Waals surface area contributed by atoms with Gasteiger partial charge < -0.3 is 30.9 Å². The van der Waals surface area contributed by atoms with E-state index in [0.29, 0.717) is 19.4 Å². The number of likely N-dealkylation sites (tertiary alicyclic amines) is 1. The second kappa shape index (κ2) is 18.0. The zero-order chi connectivity index (χ0) is 37.3. The Morgan fingerprint density at radius 3 is 2.12 bits per heavy atom. The number of amides is 5. The molecule has 51 heavy (non-hydrogen) atoms. The molecule has 1 aromatic carbocycles. The molecule has 4 N–H and O–H groups in total. The predicted molar refractivity (Wildman–Crippen MR) is 193 cm³/mol. The van der Waals surface area contributed by atoms with Crippen molar-refractivity contribution in [3.8, 4) is 0 Å². The monoisotopic (exact) mass is 709 g/mol. The molecule has 3 aliphatic rings. The summed E-state index contributed by atoms with van der Waals surface area (Å²) in [6, 6.07) is 5.84. The molecule has 12 nitrogen and oxygen atoms in total. The largest absolute Gasteiger partial charge is 0.459 e. The molecule has 2 aliphatic carbocycles. The van der Waals surface area contributed by atoms with Gasteiger partial charge in [-0.2, -0.15) is 0 Å². The van der Waals surface area contributed by atoms with E-state index in [2.05, 4.69) is 21.3 Å². The van der Waals surface area contributed by atoms with Gasteiger partial charge in [-0.1, -0.05) is 96.6 Å². The van der Waals surface area contributed by atoms with E-state index in [0.717, 1.165) is 56.9 Å². The van der Waals surface area contributed by atoms with Gasteiger partial charge in [0.25, 0.3) is 5.91 Å². The molecule has 1 aliphatic heterocycles. The van der Waals surface area contributed by atoms with E-state index in [-0.39, 0.29) is 42.1 Å². The number of nitrogens with one attached hydrogen (secondary N) is 4. The summed E-state index contributed by atoms with van der Waals surface area (Å²) in [5.41, 5.74) is -0.564. The predicted octanol–water partition coefficient (Wildman–Crippen LogP) is 4.26. The standard InChI is InChI=1S/C39H59N5O7/c1-24(2)29-20-21-44(32(29)34(46)41-30(22-26-16-13-17-26)33(45)35(47)40-6)36(48)31(28-18-11-8-12-19-28)42-38(50)43-39(5,25(3)4)37(49)51-23-27-14-9-7-10-15-27/h7,9-10,14-15,24-26,28-32H,8,11-13,16-23H2,1-6H3,(H,40,47)(H,41,46)(H2,42,43,50)/t29-,30?,31+,32+,39+/m1/s1.